The maximum atomic E-state index is 4.36. The Kier molecular flexibility index (Phi) is 4.53. The minimum atomic E-state index is 0.791. The molecular formula is C16H21N3. The van der Waals surface area contributed by atoms with Gasteiger partial charge in [-0.25, -0.2) is 0 Å². The molecule has 0 atom stereocenters. The first kappa shape index (κ1) is 13.6. The summed E-state index contributed by atoms with van der Waals surface area (Å²) in [5.41, 5.74) is 4.75. The summed E-state index contributed by atoms with van der Waals surface area (Å²) in [5.74, 6) is 0. The molecule has 0 aliphatic heterocycles. The van der Waals surface area contributed by atoms with Crippen LogP contribution in [0.5, 0.6) is 0 Å². The zero-order chi connectivity index (χ0) is 13.7. The van der Waals surface area contributed by atoms with Gasteiger partial charge in [-0.2, -0.15) is 0 Å². The number of hydrogen-bond acceptors (Lipinski definition) is 3. The van der Waals surface area contributed by atoms with E-state index in [4.69, 9.17) is 0 Å². The Balaban J connectivity index is 2.30. The molecule has 1 aromatic carbocycles. The topological polar surface area (TPSA) is 28.2 Å². The predicted octanol–water partition coefficient (Wildman–Crippen LogP) is 3.27. The van der Waals surface area contributed by atoms with Gasteiger partial charge in [-0.1, -0.05) is 17.7 Å². The fourth-order valence-corrected chi connectivity index (χ4v) is 2.15. The van der Waals surface area contributed by atoms with Gasteiger partial charge in [0.1, 0.15) is 0 Å². The number of pyridine rings is 1. The molecule has 100 valence electrons. The molecule has 0 saturated carbocycles. The lowest BCUT2D eigenvalue weighted by Crippen LogP contribution is -2.17. The molecule has 0 fully saturated rings. The highest BCUT2D eigenvalue weighted by Crippen LogP contribution is 2.25. The van der Waals surface area contributed by atoms with Crippen molar-refractivity contribution in [1.29, 1.82) is 0 Å². The van der Waals surface area contributed by atoms with Crippen LogP contribution in [-0.4, -0.2) is 18.6 Å². The molecule has 0 aliphatic carbocycles. The van der Waals surface area contributed by atoms with E-state index < -0.39 is 0 Å². The zero-order valence-corrected chi connectivity index (χ0v) is 11.9. The minimum absolute atomic E-state index is 0.791. The summed E-state index contributed by atoms with van der Waals surface area (Å²) in [7, 11) is 1.94. The van der Waals surface area contributed by atoms with Gasteiger partial charge in [-0.05, 0) is 45.2 Å². The van der Waals surface area contributed by atoms with Crippen LogP contribution < -0.4 is 10.2 Å². The molecule has 0 bridgehead atoms. The van der Waals surface area contributed by atoms with Crippen molar-refractivity contribution in [3.05, 3.63) is 53.9 Å². The number of hydrogen-bond donors (Lipinski definition) is 1. The number of aryl methyl sites for hydroxylation is 1. The second-order valence-corrected chi connectivity index (χ2v) is 4.62. The molecule has 1 aromatic heterocycles. The summed E-state index contributed by atoms with van der Waals surface area (Å²) in [6, 6.07) is 12.8. The molecule has 0 radical (unpaired) electrons. The van der Waals surface area contributed by atoms with Crippen LogP contribution in [0.2, 0.25) is 0 Å². The van der Waals surface area contributed by atoms with Crippen LogP contribution in [-0.2, 0) is 6.54 Å². The third kappa shape index (κ3) is 3.32. The average Bonchev–Trinajstić information content (AvgIpc) is 2.43. The van der Waals surface area contributed by atoms with E-state index in [1.165, 1.54) is 16.9 Å². The van der Waals surface area contributed by atoms with E-state index in [1.54, 1.807) is 0 Å². The van der Waals surface area contributed by atoms with Crippen molar-refractivity contribution >= 4 is 11.4 Å². The van der Waals surface area contributed by atoms with Gasteiger partial charge in [-0.3, -0.25) is 4.98 Å². The van der Waals surface area contributed by atoms with E-state index in [-0.39, 0.29) is 0 Å². The Morgan fingerprint density at radius 2 is 1.84 bits per heavy atom. The van der Waals surface area contributed by atoms with Crippen molar-refractivity contribution in [3.8, 4) is 0 Å². The van der Waals surface area contributed by atoms with Crippen LogP contribution in [0.1, 0.15) is 18.2 Å². The summed E-state index contributed by atoms with van der Waals surface area (Å²) < 4.78 is 0. The van der Waals surface area contributed by atoms with Crippen molar-refractivity contribution in [1.82, 2.24) is 10.3 Å². The summed E-state index contributed by atoms with van der Waals surface area (Å²) in [6.45, 7) is 6.00. The molecule has 19 heavy (non-hydrogen) atoms. The Labute approximate surface area is 115 Å². The summed E-state index contributed by atoms with van der Waals surface area (Å²) >= 11 is 0. The fourth-order valence-electron chi connectivity index (χ4n) is 2.15. The first-order chi connectivity index (χ1) is 9.24. The molecule has 0 saturated heterocycles. The van der Waals surface area contributed by atoms with Gasteiger partial charge >= 0.3 is 0 Å². The van der Waals surface area contributed by atoms with Crippen LogP contribution in [0.4, 0.5) is 11.4 Å². The molecule has 2 rings (SSSR count). The van der Waals surface area contributed by atoms with Crippen LogP contribution in [0.3, 0.4) is 0 Å². The Bertz CT molecular complexity index is 520. The van der Waals surface area contributed by atoms with Crippen molar-refractivity contribution in [2.45, 2.75) is 20.4 Å². The van der Waals surface area contributed by atoms with Gasteiger partial charge < -0.3 is 10.2 Å². The molecule has 0 unspecified atom stereocenters. The van der Waals surface area contributed by atoms with E-state index in [0.717, 1.165) is 18.8 Å². The number of aromatic nitrogens is 1. The van der Waals surface area contributed by atoms with Crippen LogP contribution in [0.15, 0.2) is 42.6 Å². The molecule has 0 aliphatic rings. The fraction of sp³-hybridized carbons (Fsp3) is 0.312. The monoisotopic (exact) mass is 255 g/mol. The largest absolute Gasteiger partial charge is 0.342 e. The van der Waals surface area contributed by atoms with E-state index in [2.05, 4.69) is 65.4 Å². The number of rotatable bonds is 5. The normalized spacial score (nSPS) is 10.5. The average molecular weight is 255 g/mol. The second kappa shape index (κ2) is 6.34. The standard InChI is InChI=1S/C16H21N3/c1-4-19(15-7-5-13(2)6-8-15)16-9-10-18-14(11-16)12-17-3/h5-11,17H,4,12H2,1-3H3. The van der Waals surface area contributed by atoms with E-state index in [1.807, 2.05) is 13.2 Å². The van der Waals surface area contributed by atoms with Crippen LogP contribution in [0, 0.1) is 6.92 Å². The summed E-state index contributed by atoms with van der Waals surface area (Å²) in [5, 5.41) is 3.13. The van der Waals surface area contributed by atoms with Gasteiger partial charge in [0.15, 0.2) is 0 Å². The highest BCUT2D eigenvalue weighted by atomic mass is 15.1. The summed E-state index contributed by atoms with van der Waals surface area (Å²) in [6.07, 6.45) is 1.87. The Morgan fingerprint density at radius 3 is 2.47 bits per heavy atom. The van der Waals surface area contributed by atoms with E-state index >= 15 is 0 Å². The first-order valence-electron chi connectivity index (χ1n) is 6.68. The van der Waals surface area contributed by atoms with Crippen molar-refractivity contribution < 1.29 is 0 Å². The third-order valence-electron chi connectivity index (χ3n) is 3.13. The number of nitrogens with zero attached hydrogens (tertiary/aromatic N) is 2. The Morgan fingerprint density at radius 1 is 1.11 bits per heavy atom. The van der Waals surface area contributed by atoms with Gasteiger partial charge in [0.05, 0.1) is 5.69 Å². The number of nitrogens with one attached hydrogen (secondary N) is 1. The van der Waals surface area contributed by atoms with E-state index in [9.17, 15) is 0 Å². The van der Waals surface area contributed by atoms with Gasteiger partial charge in [0, 0.05) is 30.7 Å². The number of benzene rings is 1. The second-order valence-electron chi connectivity index (χ2n) is 4.62. The van der Waals surface area contributed by atoms with Crippen LogP contribution >= 0.6 is 0 Å². The van der Waals surface area contributed by atoms with Gasteiger partial charge in [0.2, 0.25) is 0 Å². The van der Waals surface area contributed by atoms with E-state index in [0.29, 0.717) is 0 Å². The molecule has 0 spiro atoms. The first-order valence-corrected chi connectivity index (χ1v) is 6.68. The molecule has 0 amide bonds. The lowest BCUT2D eigenvalue weighted by molar-refractivity contribution is 0.790. The molecule has 3 heteroatoms. The zero-order valence-electron chi connectivity index (χ0n) is 11.9. The van der Waals surface area contributed by atoms with Gasteiger partial charge in [0.25, 0.3) is 0 Å². The van der Waals surface area contributed by atoms with Crippen molar-refractivity contribution in [3.63, 3.8) is 0 Å². The quantitative estimate of drug-likeness (QED) is 0.888. The lowest BCUT2D eigenvalue weighted by Gasteiger charge is -2.23. The van der Waals surface area contributed by atoms with Gasteiger partial charge in [-0.15, -0.1) is 0 Å². The van der Waals surface area contributed by atoms with Crippen molar-refractivity contribution in [2.24, 2.45) is 0 Å². The highest BCUT2D eigenvalue weighted by molar-refractivity contribution is 5.63. The maximum Gasteiger partial charge on any atom is 0.0562 e. The van der Waals surface area contributed by atoms with Crippen molar-refractivity contribution in [2.75, 3.05) is 18.5 Å². The predicted molar refractivity (Wildman–Crippen MR) is 80.9 cm³/mol. The van der Waals surface area contributed by atoms with Crippen LogP contribution in [0.25, 0.3) is 0 Å². The maximum absolute atomic E-state index is 4.36. The molecule has 1 N–H and O–H groups in total. The molecule has 2 aromatic rings. The molecule has 3 nitrogen and oxygen atoms in total. The lowest BCUT2D eigenvalue weighted by atomic mass is 10.2. The number of anilines is 2. The SMILES string of the molecule is CCN(c1ccc(C)cc1)c1ccnc(CNC)c1. The molecular weight excluding hydrogens is 234 g/mol. The minimum Gasteiger partial charge on any atom is -0.342 e. The highest BCUT2D eigenvalue weighted by Gasteiger charge is 2.07. The Hall–Kier alpha value is -1.87. The summed E-state index contributed by atoms with van der Waals surface area (Å²) in [4.78, 5) is 6.66. The smallest absolute Gasteiger partial charge is 0.0562 e. The third-order valence-corrected chi connectivity index (χ3v) is 3.13. The molecule has 1 heterocycles.